The minimum absolute atomic E-state index is 0.445. The number of hydrogen-bond acceptors (Lipinski definition) is 7. The lowest BCUT2D eigenvalue weighted by Gasteiger charge is -2.29. The average Bonchev–Trinajstić information content (AvgIpc) is 3.46. The Morgan fingerprint density at radius 1 is 1.06 bits per heavy atom. The summed E-state index contributed by atoms with van der Waals surface area (Å²) < 4.78 is 13.4. The van der Waals surface area contributed by atoms with Crippen molar-refractivity contribution in [2.75, 3.05) is 31.2 Å². The summed E-state index contributed by atoms with van der Waals surface area (Å²) >= 11 is 0. The number of anilines is 1. The van der Waals surface area contributed by atoms with Crippen molar-refractivity contribution >= 4 is 28.6 Å². The number of nitrogens with zero attached hydrogens (tertiary/aromatic N) is 6. The maximum Gasteiger partial charge on any atom is 0.158 e. The van der Waals surface area contributed by atoms with Gasteiger partial charge in [0, 0.05) is 54.1 Å². The van der Waals surface area contributed by atoms with Gasteiger partial charge in [0.05, 0.1) is 37.4 Å². The van der Waals surface area contributed by atoms with Crippen molar-refractivity contribution < 1.29 is 9.15 Å². The molecular weight excluding hydrogens is 428 g/mol. The van der Waals surface area contributed by atoms with E-state index in [0.29, 0.717) is 19.8 Å². The van der Waals surface area contributed by atoms with E-state index in [2.05, 4.69) is 33.9 Å². The van der Waals surface area contributed by atoms with Crippen LogP contribution in [0.25, 0.3) is 27.9 Å². The van der Waals surface area contributed by atoms with E-state index in [1.807, 2.05) is 40.9 Å². The highest BCUT2D eigenvalue weighted by Gasteiger charge is 2.18. The standard InChI is InChI=1S/C26H24N6O2/c1-18-21-4-2-3-5-23(21)34-24(18)17-28-16-20-14-26(31-10-12-33-13-11-31)32-25(29-20)15-22(30-32)19-6-8-27-9-7-19/h2-9,14-15,17H,10-13,16H2,1H3. The molecule has 8 nitrogen and oxygen atoms in total. The van der Waals surface area contributed by atoms with Crippen molar-refractivity contribution in [3.63, 3.8) is 0 Å². The fraction of sp³-hybridized carbons (Fsp3) is 0.231. The number of fused-ring (bicyclic) bond motifs is 2. The lowest BCUT2D eigenvalue weighted by Crippen LogP contribution is -2.37. The summed E-state index contributed by atoms with van der Waals surface area (Å²) in [5.74, 6) is 1.78. The second kappa shape index (κ2) is 8.72. The zero-order chi connectivity index (χ0) is 22.9. The van der Waals surface area contributed by atoms with E-state index >= 15 is 0 Å². The maximum atomic E-state index is 5.97. The Balaban J connectivity index is 1.35. The number of rotatable bonds is 5. The Kier molecular flexibility index (Phi) is 5.27. The first-order chi connectivity index (χ1) is 16.8. The van der Waals surface area contributed by atoms with E-state index in [1.165, 1.54) is 0 Å². The summed E-state index contributed by atoms with van der Waals surface area (Å²) in [7, 11) is 0. The minimum Gasteiger partial charge on any atom is -0.455 e. The summed E-state index contributed by atoms with van der Waals surface area (Å²) in [6.45, 7) is 5.51. The number of aliphatic imine (C=N–C) groups is 1. The van der Waals surface area contributed by atoms with Crippen LogP contribution in [0.2, 0.25) is 0 Å². The number of furan rings is 1. The van der Waals surface area contributed by atoms with E-state index in [1.54, 1.807) is 18.6 Å². The molecule has 5 heterocycles. The Hall–Kier alpha value is -4.04. The number of aromatic nitrogens is 4. The molecule has 0 N–H and O–H groups in total. The van der Waals surface area contributed by atoms with Gasteiger partial charge in [-0.1, -0.05) is 18.2 Å². The Morgan fingerprint density at radius 2 is 1.88 bits per heavy atom. The molecule has 0 aliphatic carbocycles. The van der Waals surface area contributed by atoms with Gasteiger partial charge in [0.2, 0.25) is 0 Å². The van der Waals surface area contributed by atoms with Crippen LogP contribution in [0.1, 0.15) is 17.0 Å². The monoisotopic (exact) mass is 452 g/mol. The van der Waals surface area contributed by atoms with Crippen LogP contribution in [-0.2, 0) is 11.3 Å². The average molecular weight is 453 g/mol. The van der Waals surface area contributed by atoms with Gasteiger partial charge >= 0.3 is 0 Å². The highest BCUT2D eigenvalue weighted by molar-refractivity contribution is 5.90. The van der Waals surface area contributed by atoms with Crippen molar-refractivity contribution in [3.05, 3.63) is 77.9 Å². The van der Waals surface area contributed by atoms with Gasteiger partial charge in [0.15, 0.2) is 5.65 Å². The van der Waals surface area contributed by atoms with Crippen molar-refractivity contribution in [2.24, 2.45) is 4.99 Å². The third kappa shape index (κ3) is 3.82. The van der Waals surface area contributed by atoms with Gasteiger partial charge in [-0.05, 0) is 25.1 Å². The third-order valence-corrected chi connectivity index (χ3v) is 6.12. The Labute approximate surface area is 196 Å². The molecule has 1 aliphatic heterocycles. The summed E-state index contributed by atoms with van der Waals surface area (Å²) in [6.07, 6.45) is 5.35. The highest BCUT2D eigenvalue weighted by Crippen LogP contribution is 2.25. The molecule has 0 atom stereocenters. The molecule has 1 aromatic carbocycles. The van der Waals surface area contributed by atoms with Crippen LogP contribution in [0.4, 0.5) is 5.82 Å². The molecule has 1 aliphatic rings. The van der Waals surface area contributed by atoms with Crippen LogP contribution in [0.3, 0.4) is 0 Å². The fourth-order valence-electron chi connectivity index (χ4n) is 4.31. The van der Waals surface area contributed by atoms with E-state index in [-0.39, 0.29) is 0 Å². The highest BCUT2D eigenvalue weighted by atomic mass is 16.5. The summed E-state index contributed by atoms with van der Waals surface area (Å²) in [4.78, 5) is 15.9. The first-order valence-corrected chi connectivity index (χ1v) is 11.4. The molecule has 0 spiro atoms. The quantitative estimate of drug-likeness (QED) is 0.370. The zero-order valence-corrected chi connectivity index (χ0v) is 18.9. The molecule has 0 radical (unpaired) electrons. The number of benzene rings is 1. The van der Waals surface area contributed by atoms with Gasteiger partial charge in [0.1, 0.15) is 17.2 Å². The normalized spacial score (nSPS) is 14.6. The molecule has 1 saturated heterocycles. The van der Waals surface area contributed by atoms with Crippen LogP contribution in [-0.4, -0.2) is 52.1 Å². The van der Waals surface area contributed by atoms with Gasteiger partial charge < -0.3 is 14.1 Å². The minimum atomic E-state index is 0.445. The lowest BCUT2D eigenvalue weighted by atomic mass is 10.1. The molecule has 6 rings (SSSR count). The third-order valence-electron chi connectivity index (χ3n) is 6.12. The van der Waals surface area contributed by atoms with Crippen molar-refractivity contribution in [3.8, 4) is 11.3 Å². The Morgan fingerprint density at radius 3 is 2.71 bits per heavy atom. The zero-order valence-electron chi connectivity index (χ0n) is 18.9. The molecule has 0 amide bonds. The van der Waals surface area contributed by atoms with E-state index in [0.717, 1.165) is 63.8 Å². The maximum absolute atomic E-state index is 5.97. The number of para-hydroxylation sites is 1. The molecule has 1 fully saturated rings. The largest absolute Gasteiger partial charge is 0.455 e. The predicted octanol–water partition coefficient (Wildman–Crippen LogP) is 4.30. The van der Waals surface area contributed by atoms with Crippen molar-refractivity contribution in [2.45, 2.75) is 13.5 Å². The van der Waals surface area contributed by atoms with E-state index in [4.69, 9.17) is 19.2 Å². The van der Waals surface area contributed by atoms with Crippen LogP contribution >= 0.6 is 0 Å². The molecule has 0 saturated carbocycles. The summed E-state index contributed by atoms with van der Waals surface area (Å²) in [5.41, 5.74) is 5.51. The van der Waals surface area contributed by atoms with Gasteiger partial charge in [-0.3, -0.25) is 9.98 Å². The van der Waals surface area contributed by atoms with Gasteiger partial charge in [-0.15, -0.1) is 0 Å². The Bertz CT molecular complexity index is 1480. The first-order valence-electron chi connectivity index (χ1n) is 11.4. The van der Waals surface area contributed by atoms with Crippen LogP contribution < -0.4 is 4.90 Å². The molecule has 170 valence electrons. The number of hydrogen-bond donors (Lipinski definition) is 0. The molecular formula is C26H24N6O2. The molecule has 34 heavy (non-hydrogen) atoms. The molecule has 4 aromatic heterocycles. The second-order valence-corrected chi connectivity index (χ2v) is 8.30. The molecule has 0 bridgehead atoms. The number of pyridine rings is 1. The number of ether oxygens (including phenoxy) is 1. The molecule has 5 aromatic rings. The van der Waals surface area contributed by atoms with Crippen molar-refractivity contribution in [1.29, 1.82) is 0 Å². The van der Waals surface area contributed by atoms with E-state index < -0.39 is 0 Å². The van der Waals surface area contributed by atoms with Crippen LogP contribution in [0.5, 0.6) is 0 Å². The fourth-order valence-corrected chi connectivity index (χ4v) is 4.31. The molecule has 0 unspecified atom stereocenters. The summed E-state index contributed by atoms with van der Waals surface area (Å²) in [5, 5.41) is 5.97. The first kappa shape index (κ1) is 20.6. The van der Waals surface area contributed by atoms with Gasteiger partial charge in [-0.2, -0.15) is 9.61 Å². The summed E-state index contributed by atoms with van der Waals surface area (Å²) in [6, 6.07) is 16.0. The lowest BCUT2D eigenvalue weighted by molar-refractivity contribution is 0.122. The number of morpholine rings is 1. The SMILES string of the molecule is Cc1c(C=NCc2cc(N3CCOCC3)n3nc(-c4ccncc4)cc3n2)oc2ccccc12. The topological polar surface area (TPSA) is 81.0 Å². The van der Waals surface area contributed by atoms with Gasteiger partial charge in [-0.25, -0.2) is 4.98 Å². The predicted molar refractivity (Wildman–Crippen MR) is 131 cm³/mol. The van der Waals surface area contributed by atoms with Crippen LogP contribution in [0, 0.1) is 6.92 Å². The number of aryl methyl sites for hydroxylation is 1. The van der Waals surface area contributed by atoms with Crippen LogP contribution in [0.15, 0.2) is 70.3 Å². The smallest absolute Gasteiger partial charge is 0.158 e. The second-order valence-electron chi connectivity index (χ2n) is 8.30. The van der Waals surface area contributed by atoms with Gasteiger partial charge in [0.25, 0.3) is 0 Å². The van der Waals surface area contributed by atoms with E-state index in [9.17, 15) is 0 Å². The molecule has 8 heteroatoms. The van der Waals surface area contributed by atoms with Crippen molar-refractivity contribution in [1.82, 2.24) is 19.6 Å².